The zero-order valence-electron chi connectivity index (χ0n) is 9.16. The summed E-state index contributed by atoms with van der Waals surface area (Å²) >= 11 is 5.60. The van der Waals surface area contributed by atoms with Crippen molar-refractivity contribution in [3.05, 3.63) is 64.4 Å². The maximum atomic E-state index is 13.4. The average molecular weight is 268 g/mol. The van der Waals surface area contributed by atoms with E-state index in [1.807, 2.05) is 0 Å². The number of nitrogens with zero attached hydrogens (tertiary/aromatic N) is 1. The standard InChI is InChI=1S/C13H8ClF2NO/c14-13-4-2-9(7-17-13)12(18)5-8-1-3-10(15)6-11(8)16/h1-4,6-7H,5H2. The van der Waals surface area contributed by atoms with Gasteiger partial charge in [0.05, 0.1) is 0 Å². The Morgan fingerprint density at radius 1 is 1.22 bits per heavy atom. The molecule has 0 aliphatic carbocycles. The van der Waals surface area contributed by atoms with E-state index in [0.717, 1.165) is 12.1 Å². The summed E-state index contributed by atoms with van der Waals surface area (Å²) in [6.45, 7) is 0. The fourth-order valence-electron chi connectivity index (χ4n) is 1.48. The van der Waals surface area contributed by atoms with Crippen molar-refractivity contribution in [2.24, 2.45) is 0 Å². The zero-order valence-corrected chi connectivity index (χ0v) is 9.92. The molecule has 0 spiro atoms. The highest BCUT2D eigenvalue weighted by atomic mass is 35.5. The second-order valence-corrected chi connectivity index (χ2v) is 4.09. The number of ketones is 1. The largest absolute Gasteiger partial charge is 0.294 e. The second kappa shape index (κ2) is 5.23. The summed E-state index contributed by atoms with van der Waals surface area (Å²) in [5.74, 6) is -1.70. The van der Waals surface area contributed by atoms with E-state index in [1.165, 1.54) is 24.4 Å². The van der Waals surface area contributed by atoms with Gasteiger partial charge >= 0.3 is 0 Å². The fourth-order valence-corrected chi connectivity index (χ4v) is 1.59. The van der Waals surface area contributed by atoms with Crippen molar-refractivity contribution in [1.29, 1.82) is 0 Å². The molecule has 0 atom stereocenters. The van der Waals surface area contributed by atoms with E-state index in [0.29, 0.717) is 5.56 Å². The van der Waals surface area contributed by atoms with Gasteiger partial charge in [0.25, 0.3) is 0 Å². The first kappa shape index (κ1) is 12.6. The number of carbonyl (C=O) groups excluding carboxylic acids is 1. The average Bonchev–Trinajstić information content (AvgIpc) is 2.33. The van der Waals surface area contributed by atoms with Crippen LogP contribution in [0.4, 0.5) is 8.78 Å². The normalized spacial score (nSPS) is 10.4. The second-order valence-electron chi connectivity index (χ2n) is 3.71. The SMILES string of the molecule is O=C(Cc1ccc(F)cc1F)c1ccc(Cl)nc1. The van der Waals surface area contributed by atoms with Crippen LogP contribution >= 0.6 is 11.6 Å². The van der Waals surface area contributed by atoms with Gasteiger partial charge in [-0.3, -0.25) is 4.79 Å². The highest BCUT2D eigenvalue weighted by Crippen LogP contribution is 2.13. The molecule has 0 aliphatic rings. The Morgan fingerprint density at radius 2 is 2.00 bits per heavy atom. The maximum absolute atomic E-state index is 13.4. The number of pyridine rings is 1. The van der Waals surface area contributed by atoms with E-state index in [1.54, 1.807) is 0 Å². The molecule has 1 heterocycles. The number of benzene rings is 1. The van der Waals surface area contributed by atoms with E-state index in [-0.39, 0.29) is 22.9 Å². The molecule has 0 aliphatic heterocycles. The van der Waals surface area contributed by atoms with Gasteiger partial charge in [-0.1, -0.05) is 17.7 Å². The van der Waals surface area contributed by atoms with Crippen LogP contribution < -0.4 is 0 Å². The molecule has 0 N–H and O–H groups in total. The third kappa shape index (κ3) is 2.90. The minimum Gasteiger partial charge on any atom is -0.294 e. The van der Waals surface area contributed by atoms with Crippen molar-refractivity contribution in [2.75, 3.05) is 0 Å². The molecule has 92 valence electrons. The lowest BCUT2D eigenvalue weighted by atomic mass is 10.0. The fraction of sp³-hybridized carbons (Fsp3) is 0.0769. The van der Waals surface area contributed by atoms with Crippen molar-refractivity contribution in [3.63, 3.8) is 0 Å². The number of rotatable bonds is 3. The van der Waals surface area contributed by atoms with Crippen LogP contribution in [0, 0.1) is 11.6 Å². The number of hydrogen-bond donors (Lipinski definition) is 0. The molecule has 1 aromatic carbocycles. The van der Waals surface area contributed by atoms with Gasteiger partial charge in [-0.25, -0.2) is 13.8 Å². The van der Waals surface area contributed by atoms with E-state index in [4.69, 9.17) is 11.6 Å². The molecule has 0 saturated heterocycles. The third-order valence-electron chi connectivity index (χ3n) is 2.42. The van der Waals surface area contributed by atoms with Gasteiger partial charge in [-0.15, -0.1) is 0 Å². The Morgan fingerprint density at radius 3 is 2.61 bits per heavy atom. The van der Waals surface area contributed by atoms with Crippen LogP contribution in [0.2, 0.25) is 5.15 Å². The molecule has 2 aromatic rings. The Balaban J connectivity index is 2.18. The lowest BCUT2D eigenvalue weighted by molar-refractivity contribution is 0.0991. The number of carbonyl (C=O) groups is 1. The molecule has 0 amide bonds. The summed E-state index contributed by atoms with van der Waals surface area (Å²) in [5.41, 5.74) is 0.486. The molecule has 5 heteroatoms. The van der Waals surface area contributed by atoms with Gasteiger partial charge in [0.15, 0.2) is 5.78 Å². The van der Waals surface area contributed by atoms with Gasteiger partial charge in [0.1, 0.15) is 16.8 Å². The molecular formula is C13H8ClF2NO. The molecule has 0 fully saturated rings. The van der Waals surface area contributed by atoms with Gasteiger partial charge in [-0.2, -0.15) is 0 Å². The zero-order chi connectivity index (χ0) is 13.1. The number of halogens is 3. The minimum atomic E-state index is -0.731. The lowest BCUT2D eigenvalue weighted by Gasteiger charge is -2.03. The molecule has 0 bridgehead atoms. The van der Waals surface area contributed by atoms with Gasteiger partial charge in [-0.05, 0) is 23.8 Å². The van der Waals surface area contributed by atoms with E-state index in [2.05, 4.69) is 4.98 Å². The van der Waals surface area contributed by atoms with E-state index in [9.17, 15) is 13.6 Å². The summed E-state index contributed by atoms with van der Waals surface area (Å²) in [6.07, 6.45) is 1.18. The molecular weight excluding hydrogens is 260 g/mol. The smallest absolute Gasteiger partial charge is 0.168 e. The van der Waals surface area contributed by atoms with Crippen molar-refractivity contribution in [1.82, 2.24) is 4.98 Å². The van der Waals surface area contributed by atoms with Crippen molar-refractivity contribution >= 4 is 17.4 Å². The van der Waals surface area contributed by atoms with Crippen LogP contribution in [-0.2, 0) is 6.42 Å². The van der Waals surface area contributed by atoms with Crippen LogP contribution in [-0.4, -0.2) is 10.8 Å². The Bertz CT molecular complexity index is 584. The topological polar surface area (TPSA) is 30.0 Å². The Labute approximate surface area is 107 Å². The Kier molecular flexibility index (Phi) is 3.67. The summed E-state index contributed by atoms with van der Waals surface area (Å²) in [5, 5.41) is 0.277. The highest BCUT2D eigenvalue weighted by Gasteiger charge is 2.11. The monoisotopic (exact) mass is 267 g/mol. The molecule has 0 radical (unpaired) electrons. The Hall–Kier alpha value is -1.81. The van der Waals surface area contributed by atoms with Crippen LogP contribution in [0.25, 0.3) is 0 Å². The maximum Gasteiger partial charge on any atom is 0.168 e. The van der Waals surface area contributed by atoms with Gasteiger partial charge in [0, 0.05) is 24.2 Å². The molecule has 0 saturated carbocycles. The quantitative estimate of drug-likeness (QED) is 0.630. The predicted molar refractivity (Wildman–Crippen MR) is 63.6 cm³/mol. The lowest BCUT2D eigenvalue weighted by Crippen LogP contribution is -2.05. The van der Waals surface area contributed by atoms with E-state index < -0.39 is 11.6 Å². The molecule has 1 aromatic heterocycles. The van der Waals surface area contributed by atoms with Crippen LogP contribution in [0.15, 0.2) is 36.5 Å². The number of aromatic nitrogens is 1. The number of Topliss-reactive ketones (excluding diaryl/α,β-unsaturated/α-hetero) is 1. The van der Waals surface area contributed by atoms with Crippen molar-refractivity contribution < 1.29 is 13.6 Å². The van der Waals surface area contributed by atoms with Crippen LogP contribution in [0.5, 0.6) is 0 Å². The van der Waals surface area contributed by atoms with E-state index >= 15 is 0 Å². The number of hydrogen-bond acceptors (Lipinski definition) is 2. The summed E-state index contributed by atoms with van der Waals surface area (Å²) in [6, 6.07) is 6.12. The minimum absolute atomic E-state index is 0.143. The molecule has 0 unspecified atom stereocenters. The molecule has 2 nitrogen and oxygen atoms in total. The molecule has 2 rings (SSSR count). The summed E-state index contributed by atoms with van der Waals surface area (Å²) < 4.78 is 26.1. The third-order valence-corrected chi connectivity index (χ3v) is 2.64. The van der Waals surface area contributed by atoms with Crippen LogP contribution in [0.1, 0.15) is 15.9 Å². The highest BCUT2D eigenvalue weighted by molar-refractivity contribution is 6.29. The van der Waals surface area contributed by atoms with Crippen LogP contribution in [0.3, 0.4) is 0 Å². The first-order chi connectivity index (χ1) is 8.56. The van der Waals surface area contributed by atoms with Crippen molar-refractivity contribution in [2.45, 2.75) is 6.42 Å². The van der Waals surface area contributed by atoms with Gasteiger partial charge in [0.2, 0.25) is 0 Å². The summed E-state index contributed by atoms with van der Waals surface area (Å²) in [4.78, 5) is 15.6. The summed E-state index contributed by atoms with van der Waals surface area (Å²) in [7, 11) is 0. The van der Waals surface area contributed by atoms with Crippen molar-refractivity contribution in [3.8, 4) is 0 Å². The first-order valence-electron chi connectivity index (χ1n) is 5.15. The first-order valence-corrected chi connectivity index (χ1v) is 5.53. The molecule has 18 heavy (non-hydrogen) atoms. The van der Waals surface area contributed by atoms with Gasteiger partial charge < -0.3 is 0 Å². The predicted octanol–water partition coefficient (Wildman–Crippen LogP) is 3.44.